The number of carbonyl (C=O) groups excluding carboxylic acids is 1. The molecule has 0 aromatic carbocycles. The van der Waals surface area contributed by atoms with E-state index >= 15 is 0 Å². The van der Waals surface area contributed by atoms with Crippen molar-refractivity contribution in [3.63, 3.8) is 0 Å². The third-order valence-corrected chi connectivity index (χ3v) is 4.65. The third-order valence-electron chi connectivity index (χ3n) is 4.65. The van der Waals surface area contributed by atoms with Gasteiger partial charge in [0.15, 0.2) is 6.29 Å². The standard InChI is InChI=1S/C20H33N2O7/c1-2-3-4-5-6-7-12-17(21(26)27)19(24)14-9-8-13-18(22(28)29)20(25)15-10-11-16-23/h6-9,17-20,24-25H,2-5,10-15H2,1H3/b7-6-,9-8-. The molecule has 0 spiro atoms. The molecule has 0 saturated heterocycles. The molecule has 0 aliphatic heterocycles. The normalized spacial score (nSPS) is 16.0. The Kier molecular flexibility index (Phi) is 15.6. The highest BCUT2D eigenvalue weighted by Gasteiger charge is 2.29. The second-order valence-corrected chi connectivity index (χ2v) is 7.02. The molecule has 9 nitrogen and oxygen atoms in total. The van der Waals surface area contributed by atoms with Crippen LogP contribution < -0.4 is 0 Å². The van der Waals surface area contributed by atoms with Crippen LogP contribution in [0.15, 0.2) is 24.3 Å². The van der Waals surface area contributed by atoms with Crippen molar-refractivity contribution >= 4 is 6.29 Å². The van der Waals surface area contributed by atoms with Crippen molar-refractivity contribution < 1.29 is 24.9 Å². The van der Waals surface area contributed by atoms with E-state index in [0.29, 0.717) is 6.42 Å². The Balaban J connectivity index is 4.53. The Morgan fingerprint density at radius 3 is 1.97 bits per heavy atom. The van der Waals surface area contributed by atoms with Gasteiger partial charge in [-0.2, -0.15) is 0 Å². The van der Waals surface area contributed by atoms with Crippen LogP contribution in [0.25, 0.3) is 0 Å². The summed E-state index contributed by atoms with van der Waals surface area (Å²) in [7, 11) is 0. The van der Waals surface area contributed by atoms with Crippen molar-refractivity contribution in [2.75, 3.05) is 0 Å². The first-order valence-electron chi connectivity index (χ1n) is 10.1. The predicted octanol–water partition coefficient (Wildman–Crippen LogP) is 3.14. The molecule has 0 aliphatic rings. The van der Waals surface area contributed by atoms with E-state index < -0.39 is 34.1 Å². The molecule has 0 fully saturated rings. The van der Waals surface area contributed by atoms with Crippen LogP contribution in [0.1, 0.15) is 71.1 Å². The number of hydrogen-bond donors (Lipinski definition) is 2. The maximum absolute atomic E-state index is 11.2. The zero-order valence-electron chi connectivity index (χ0n) is 17.0. The van der Waals surface area contributed by atoms with Gasteiger partial charge in [-0.3, -0.25) is 25.0 Å². The number of hydrogen-bond acceptors (Lipinski definition) is 7. The lowest BCUT2D eigenvalue weighted by molar-refractivity contribution is -0.533. The lowest BCUT2D eigenvalue weighted by Gasteiger charge is -2.14. The lowest BCUT2D eigenvalue weighted by atomic mass is 10.0. The van der Waals surface area contributed by atoms with Gasteiger partial charge in [0.2, 0.25) is 12.1 Å². The van der Waals surface area contributed by atoms with Gasteiger partial charge in [-0.25, -0.2) is 0 Å². The number of aliphatic hydroxyl groups excluding tert-OH is 2. The van der Waals surface area contributed by atoms with Crippen LogP contribution in [0, 0.1) is 20.2 Å². The Hall–Kier alpha value is -2.13. The summed E-state index contributed by atoms with van der Waals surface area (Å²) in [5, 5.41) is 42.3. The van der Waals surface area contributed by atoms with E-state index in [2.05, 4.69) is 6.92 Å². The van der Waals surface area contributed by atoms with Crippen molar-refractivity contribution in [1.29, 1.82) is 0 Å². The average Bonchev–Trinajstić information content (AvgIpc) is 2.66. The highest BCUT2D eigenvalue weighted by molar-refractivity contribution is 5.50. The summed E-state index contributed by atoms with van der Waals surface area (Å²) in [5.74, 6) is 0. The van der Waals surface area contributed by atoms with E-state index in [1.165, 1.54) is 12.2 Å². The van der Waals surface area contributed by atoms with Crippen LogP contribution in [0.3, 0.4) is 0 Å². The first-order chi connectivity index (χ1) is 13.8. The summed E-state index contributed by atoms with van der Waals surface area (Å²) in [6.07, 6.45) is 10.5. The van der Waals surface area contributed by atoms with Gasteiger partial charge in [-0.15, -0.1) is 0 Å². The second-order valence-electron chi connectivity index (χ2n) is 7.02. The summed E-state index contributed by atoms with van der Waals surface area (Å²) < 4.78 is 0. The predicted molar refractivity (Wildman–Crippen MR) is 109 cm³/mol. The fourth-order valence-corrected chi connectivity index (χ4v) is 2.84. The van der Waals surface area contributed by atoms with Crippen molar-refractivity contribution in [3.8, 4) is 0 Å². The number of unbranched alkanes of at least 4 members (excludes halogenated alkanes) is 4. The Morgan fingerprint density at radius 2 is 1.41 bits per heavy atom. The fraction of sp³-hybridized carbons (Fsp3) is 0.750. The summed E-state index contributed by atoms with van der Waals surface area (Å²) in [4.78, 5) is 31.4. The monoisotopic (exact) mass is 413 g/mol. The SMILES string of the molecule is CCCCC/C=C\CC(C(O)C/C=C\CC(C(O)CCC[C]=O)[N+](=O)[O-])[N+](=O)[O-]. The maximum atomic E-state index is 11.2. The van der Waals surface area contributed by atoms with Gasteiger partial charge >= 0.3 is 0 Å². The highest BCUT2D eigenvalue weighted by Crippen LogP contribution is 2.14. The molecule has 0 amide bonds. The fourth-order valence-electron chi connectivity index (χ4n) is 2.84. The highest BCUT2D eigenvalue weighted by atomic mass is 16.6. The zero-order chi connectivity index (χ0) is 22.1. The molecule has 1 radical (unpaired) electrons. The molecule has 4 atom stereocenters. The molecule has 165 valence electrons. The molecule has 0 saturated carbocycles. The lowest BCUT2D eigenvalue weighted by Crippen LogP contribution is -2.33. The van der Waals surface area contributed by atoms with Crippen LogP contribution in [0.2, 0.25) is 0 Å². The molecule has 0 bridgehead atoms. The van der Waals surface area contributed by atoms with Gasteiger partial charge in [-0.1, -0.05) is 44.1 Å². The van der Waals surface area contributed by atoms with E-state index in [1.54, 1.807) is 12.4 Å². The van der Waals surface area contributed by atoms with E-state index in [1.807, 2.05) is 6.08 Å². The van der Waals surface area contributed by atoms with Crippen molar-refractivity contribution in [3.05, 3.63) is 44.5 Å². The summed E-state index contributed by atoms with van der Waals surface area (Å²) in [6, 6.07) is -2.37. The zero-order valence-corrected chi connectivity index (χ0v) is 17.0. The van der Waals surface area contributed by atoms with Gasteiger partial charge in [0.05, 0.1) is 0 Å². The summed E-state index contributed by atoms with van der Waals surface area (Å²) in [6.45, 7) is 2.09. The van der Waals surface area contributed by atoms with Crippen LogP contribution in [0.5, 0.6) is 0 Å². The molecule has 0 aromatic rings. The Bertz CT molecular complexity index is 537. The minimum absolute atomic E-state index is 0.00402. The smallest absolute Gasteiger partial charge is 0.242 e. The van der Waals surface area contributed by atoms with Crippen LogP contribution in [-0.4, -0.2) is 50.6 Å². The number of nitrogens with zero attached hydrogens (tertiary/aromatic N) is 2. The van der Waals surface area contributed by atoms with Gasteiger partial charge in [0.1, 0.15) is 12.2 Å². The minimum atomic E-state index is -1.23. The molecular weight excluding hydrogens is 380 g/mol. The van der Waals surface area contributed by atoms with E-state index in [0.717, 1.165) is 25.7 Å². The number of allylic oxidation sites excluding steroid dienone is 1. The van der Waals surface area contributed by atoms with Crippen LogP contribution in [-0.2, 0) is 4.79 Å². The summed E-state index contributed by atoms with van der Waals surface area (Å²) in [5.41, 5.74) is 0. The van der Waals surface area contributed by atoms with Crippen LogP contribution in [0.4, 0.5) is 0 Å². The van der Waals surface area contributed by atoms with E-state index in [9.17, 15) is 35.2 Å². The van der Waals surface area contributed by atoms with Crippen LogP contribution >= 0.6 is 0 Å². The molecule has 4 unspecified atom stereocenters. The number of rotatable bonds is 18. The topological polar surface area (TPSA) is 144 Å². The molecule has 0 rings (SSSR count). The van der Waals surface area contributed by atoms with E-state index in [-0.39, 0.29) is 32.1 Å². The van der Waals surface area contributed by atoms with Crippen molar-refractivity contribution in [2.24, 2.45) is 0 Å². The van der Waals surface area contributed by atoms with E-state index in [4.69, 9.17) is 0 Å². The van der Waals surface area contributed by atoms with Gasteiger partial charge < -0.3 is 10.2 Å². The van der Waals surface area contributed by atoms with Gasteiger partial charge in [0.25, 0.3) is 0 Å². The molecule has 0 heterocycles. The maximum Gasteiger partial charge on any atom is 0.242 e. The molecular formula is C20H33N2O7. The molecule has 0 aromatic heterocycles. The van der Waals surface area contributed by atoms with Gasteiger partial charge in [-0.05, 0) is 32.1 Å². The largest absolute Gasteiger partial charge is 0.386 e. The second kappa shape index (κ2) is 16.8. The molecule has 2 N–H and O–H groups in total. The van der Waals surface area contributed by atoms with Crippen molar-refractivity contribution in [2.45, 2.75) is 95.4 Å². The van der Waals surface area contributed by atoms with Gasteiger partial charge in [0, 0.05) is 29.1 Å². The Labute approximate surface area is 171 Å². The first-order valence-corrected chi connectivity index (χ1v) is 10.1. The molecule has 29 heavy (non-hydrogen) atoms. The molecule has 0 aliphatic carbocycles. The third kappa shape index (κ3) is 12.8. The first kappa shape index (κ1) is 26.9. The quantitative estimate of drug-likeness (QED) is 0.152. The Morgan fingerprint density at radius 1 is 0.862 bits per heavy atom. The number of nitro groups is 2. The van der Waals surface area contributed by atoms with Crippen molar-refractivity contribution in [1.82, 2.24) is 0 Å². The minimum Gasteiger partial charge on any atom is -0.386 e. The summed E-state index contributed by atoms with van der Waals surface area (Å²) >= 11 is 0. The molecule has 9 heteroatoms. The average molecular weight is 413 g/mol. The number of aliphatic hydroxyl groups is 2.